The van der Waals surface area contributed by atoms with Gasteiger partial charge in [0.1, 0.15) is 11.9 Å². The molecule has 0 bridgehead atoms. The van der Waals surface area contributed by atoms with Crippen molar-refractivity contribution in [2.45, 2.75) is 12.6 Å². The van der Waals surface area contributed by atoms with Gasteiger partial charge in [0.05, 0.1) is 4.47 Å². The number of hydrogen-bond acceptors (Lipinski definition) is 2. The molecular formula is C9H11BrFNO. The van der Waals surface area contributed by atoms with Gasteiger partial charge in [0.15, 0.2) is 0 Å². The molecule has 1 aromatic rings. The molecule has 13 heavy (non-hydrogen) atoms. The first-order valence-corrected chi connectivity index (χ1v) is 4.77. The number of phenolic OH excluding ortho intramolecular Hbond substituents is 1. The first-order chi connectivity index (χ1) is 6.16. The van der Waals surface area contributed by atoms with E-state index in [1.807, 2.05) is 0 Å². The molecule has 0 spiro atoms. The van der Waals surface area contributed by atoms with Crippen LogP contribution in [0.15, 0.2) is 22.7 Å². The zero-order valence-corrected chi connectivity index (χ0v) is 8.59. The lowest BCUT2D eigenvalue weighted by molar-refractivity contribution is 0.325. The van der Waals surface area contributed by atoms with Gasteiger partial charge in [0.2, 0.25) is 0 Å². The Morgan fingerprint density at radius 2 is 2.23 bits per heavy atom. The molecule has 0 heterocycles. The molecule has 4 heteroatoms. The molecule has 1 aromatic carbocycles. The van der Waals surface area contributed by atoms with Gasteiger partial charge in [-0.05, 0) is 35.0 Å². The molecule has 0 amide bonds. The van der Waals surface area contributed by atoms with E-state index in [0.717, 1.165) is 0 Å². The normalized spacial score (nSPS) is 12.8. The zero-order valence-electron chi connectivity index (χ0n) is 7.00. The largest absolute Gasteiger partial charge is 0.507 e. The van der Waals surface area contributed by atoms with Crippen molar-refractivity contribution < 1.29 is 9.50 Å². The molecule has 0 aromatic heterocycles. The van der Waals surface area contributed by atoms with E-state index in [1.165, 1.54) is 6.07 Å². The Bertz CT molecular complexity index is 293. The minimum Gasteiger partial charge on any atom is -0.507 e. The second-order valence-corrected chi connectivity index (χ2v) is 3.52. The fraction of sp³-hybridized carbons (Fsp3) is 0.333. The summed E-state index contributed by atoms with van der Waals surface area (Å²) >= 11 is 3.12. The van der Waals surface area contributed by atoms with Crippen LogP contribution < -0.4 is 5.73 Å². The Morgan fingerprint density at radius 3 is 2.85 bits per heavy atom. The second-order valence-electron chi connectivity index (χ2n) is 2.73. The maximum atomic E-state index is 13.4. The van der Waals surface area contributed by atoms with Crippen LogP contribution in [0.2, 0.25) is 0 Å². The summed E-state index contributed by atoms with van der Waals surface area (Å²) in [5.41, 5.74) is 5.69. The van der Waals surface area contributed by atoms with Crippen molar-refractivity contribution in [1.29, 1.82) is 0 Å². The molecular weight excluding hydrogens is 237 g/mol. The van der Waals surface area contributed by atoms with Gasteiger partial charge < -0.3 is 10.8 Å². The number of nitrogens with two attached hydrogens (primary N) is 1. The lowest BCUT2D eigenvalue weighted by Crippen LogP contribution is -2.04. The smallest absolute Gasteiger partial charge is 0.130 e. The maximum absolute atomic E-state index is 13.4. The van der Waals surface area contributed by atoms with Gasteiger partial charge >= 0.3 is 0 Å². The fourth-order valence-electron chi connectivity index (χ4n) is 1.08. The first-order valence-electron chi connectivity index (χ1n) is 3.98. The van der Waals surface area contributed by atoms with E-state index in [1.54, 1.807) is 12.1 Å². The fourth-order valence-corrected chi connectivity index (χ4v) is 1.59. The van der Waals surface area contributed by atoms with Crippen LogP contribution >= 0.6 is 15.9 Å². The van der Waals surface area contributed by atoms with Crippen molar-refractivity contribution in [3.8, 4) is 5.75 Å². The number of alkyl halides is 1. The molecule has 0 radical (unpaired) electrons. The van der Waals surface area contributed by atoms with E-state index in [2.05, 4.69) is 15.9 Å². The van der Waals surface area contributed by atoms with Gasteiger partial charge in [-0.15, -0.1) is 0 Å². The number of aromatic hydroxyl groups is 1. The molecule has 0 saturated heterocycles. The third-order valence-electron chi connectivity index (χ3n) is 1.77. The van der Waals surface area contributed by atoms with E-state index in [0.29, 0.717) is 16.6 Å². The Kier molecular flexibility index (Phi) is 3.69. The molecule has 72 valence electrons. The third kappa shape index (κ3) is 2.42. The van der Waals surface area contributed by atoms with E-state index in [4.69, 9.17) is 5.73 Å². The van der Waals surface area contributed by atoms with Crippen LogP contribution in [0.3, 0.4) is 0 Å². The van der Waals surface area contributed by atoms with Crippen LogP contribution in [-0.2, 0) is 0 Å². The Labute approximate surface area is 84.7 Å². The topological polar surface area (TPSA) is 46.2 Å². The summed E-state index contributed by atoms with van der Waals surface area (Å²) in [5, 5.41) is 9.27. The first kappa shape index (κ1) is 10.5. The van der Waals surface area contributed by atoms with Gasteiger partial charge in [-0.1, -0.05) is 12.1 Å². The van der Waals surface area contributed by atoms with Crippen molar-refractivity contribution >= 4 is 15.9 Å². The van der Waals surface area contributed by atoms with Gasteiger partial charge in [-0.3, -0.25) is 0 Å². The molecule has 2 nitrogen and oxygen atoms in total. The van der Waals surface area contributed by atoms with Crippen LogP contribution in [-0.4, -0.2) is 11.7 Å². The van der Waals surface area contributed by atoms with Gasteiger partial charge in [0.25, 0.3) is 0 Å². The van der Waals surface area contributed by atoms with Crippen LogP contribution in [0.25, 0.3) is 0 Å². The predicted octanol–water partition coefficient (Wildman–Crippen LogP) is 2.51. The number of hydrogen-bond donors (Lipinski definition) is 2. The molecule has 1 rings (SSSR count). The highest BCUT2D eigenvalue weighted by Crippen LogP contribution is 2.34. The Morgan fingerprint density at radius 1 is 1.54 bits per heavy atom. The Hall–Kier alpha value is -0.610. The zero-order chi connectivity index (χ0) is 9.84. The van der Waals surface area contributed by atoms with Crippen molar-refractivity contribution in [2.24, 2.45) is 5.73 Å². The summed E-state index contributed by atoms with van der Waals surface area (Å²) in [7, 11) is 0. The van der Waals surface area contributed by atoms with Crippen LogP contribution in [0.5, 0.6) is 5.75 Å². The molecule has 1 unspecified atom stereocenters. The highest BCUT2D eigenvalue weighted by atomic mass is 79.9. The van der Waals surface area contributed by atoms with Gasteiger partial charge in [-0.2, -0.15) is 0 Å². The summed E-state index contributed by atoms with van der Waals surface area (Å²) in [4.78, 5) is 0. The Balaban J connectivity index is 2.93. The molecule has 3 N–H and O–H groups in total. The van der Waals surface area contributed by atoms with Crippen LogP contribution in [0, 0.1) is 0 Å². The molecule has 0 aliphatic carbocycles. The molecule has 0 aliphatic heterocycles. The summed E-state index contributed by atoms with van der Waals surface area (Å²) < 4.78 is 13.8. The lowest BCUT2D eigenvalue weighted by Gasteiger charge is -2.09. The van der Waals surface area contributed by atoms with Crippen molar-refractivity contribution in [2.75, 3.05) is 6.54 Å². The van der Waals surface area contributed by atoms with Crippen molar-refractivity contribution in [3.05, 3.63) is 28.2 Å². The molecule has 0 aliphatic rings. The monoisotopic (exact) mass is 247 g/mol. The van der Waals surface area contributed by atoms with Crippen LogP contribution in [0.1, 0.15) is 18.2 Å². The third-order valence-corrected chi connectivity index (χ3v) is 2.63. The predicted molar refractivity (Wildman–Crippen MR) is 53.3 cm³/mol. The van der Waals surface area contributed by atoms with Crippen molar-refractivity contribution in [1.82, 2.24) is 0 Å². The SMILES string of the molecule is NCCC(F)c1cccc(O)c1Br. The molecule has 0 saturated carbocycles. The summed E-state index contributed by atoms with van der Waals surface area (Å²) in [6, 6.07) is 4.74. The van der Waals surface area contributed by atoms with Crippen LogP contribution in [0.4, 0.5) is 4.39 Å². The maximum Gasteiger partial charge on any atom is 0.130 e. The summed E-state index contributed by atoms with van der Waals surface area (Å²) in [5.74, 6) is 0.0529. The average Bonchev–Trinajstić information content (AvgIpc) is 2.10. The quantitative estimate of drug-likeness (QED) is 0.863. The van der Waals surface area contributed by atoms with Gasteiger partial charge in [0, 0.05) is 5.56 Å². The van der Waals surface area contributed by atoms with E-state index in [9.17, 15) is 9.50 Å². The average molecular weight is 248 g/mol. The van der Waals surface area contributed by atoms with E-state index in [-0.39, 0.29) is 12.2 Å². The molecule has 0 fully saturated rings. The number of benzene rings is 1. The van der Waals surface area contributed by atoms with Gasteiger partial charge in [-0.25, -0.2) is 4.39 Å². The minimum absolute atomic E-state index is 0.0529. The summed E-state index contributed by atoms with van der Waals surface area (Å²) in [6.45, 7) is 0.295. The number of phenols is 1. The lowest BCUT2D eigenvalue weighted by atomic mass is 10.1. The highest BCUT2D eigenvalue weighted by Gasteiger charge is 2.13. The van der Waals surface area contributed by atoms with E-state index < -0.39 is 6.17 Å². The summed E-state index contributed by atoms with van der Waals surface area (Å²) in [6.07, 6.45) is -0.853. The standard InChI is InChI=1S/C9H11BrFNO/c10-9-6(7(11)4-5-12)2-1-3-8(9)13/h1-3,7,13H,4-5,12H2. The minimum atomic E-state index is -1.12. The van der Waals surface area contributed by atoms with Crippen molar-refractivity contribution in [3.63, 3.8) is 0 Å². The number of halogens is 2. The van der Waals surface area contributed by atoms with E-state index >= 15 is 0 Å². The number of rotatable bonds is 3. The second kappa shape index (κ2) is 4.58. The highest BCUT2D eigenvalue weighted by molar-refractivity contribution is 9.10. The molecule has 1 atom stereocenters.